The van der Waals surface area contributed by atoms with Crippen LogP contribution in [0.1, 0.15) is 18.7 Å². The van der Waals surface area contributed by atoms with Crippen molar-refractivity contribution in [1.82, 2.24) is 15.0 Å². The van der Waals surface area contributed by atoms with Gasteiger partial charge in [0.15, 0.2) is 0 Å². The maximum atomic E-state index is 12.5. The molecule has 140 valence electrons. The fourth-order valence-electron chi connectivity index (χ4n) is 3.18. The molecule has 3 aromatic rings. The molecule has 1 amide bonds. The number of likely N-dealkylation sites (tertiary alicyclic amines) is 1. The van der Waals surface area contributed by atoms with Crippen LogP contribution < -0.4 is 5.32 Å². The normalized spacial score (nSPS) is 15.7. The Balaban J connectivity index is 1.28. The lowest BCUT2D eigenvalue weighted by atomic mass is 9.96. The number of aromatic nitrogens is 2. The summed E-state index contributed by atoms with van der Waals surface area (Å²) >= 11 is 7.56. The zero-order valence-electron chi connectivity index (χ0n) is 14.6. The number of anilines is 1. The fraction of sp³-hybridized carbons (Fsp3) is 0.316. The van der Waals surface area contributed by atoms with Gasteiger partial charge in [-0.15, -0.1) is 11.3 Å². The van der Waals surface area contributed by atoms with Gasteiger partial charge in [0.2, 0.25) is 17.6 Å². The second-order valence-corrected chi connectivity index (χ2v) is 7.92. The van der Waals surface area contributed by atoms with Crippen molar-refractivity contribution < 1.29 is 9.32 Å². The first kappa shape index (κ1) is 18.2. The second kappa shape index (κ2) is 8.21. The molecule has 0 radical (unpaired) electrons. The van der Waals surface area contributed by atoms with E-state index in [2.05, 4.69) is 20.4 Å². The highest BCUT2D eigenvalue weighted by Gasteiger charge is 2.26. The number of carbonyl (C=O) groups is 1. The van der Waals surface area contributed by atoms with Crippen LogP contribution in [0.4, 0.5) is 5.69 Å². The maximum Gasteiger partial charge on any atom is 0.241 e. The molecule has 3 heterocycles. The van der Waals surface area contributed by atoms with Crippen molar-refractivity contribution in [2.75, 3.05) is 18.4 Å². The molecule has 1 aliphatic heterocycles. The minimum absolute atomic E-state index is 0.00426. The number of carbonyl (C=O) groups excluding carboxylic acids is 1. The number of halogens is 1. The molecule has 4 rings (SSSR count). The lowest BCUT2D eigenvalue weighted by molar-refractivity contribution is -0.121. The van der Waals surface area contributed by atoms with Gasteiger partial charge in [0.05, 0.1) is 11.4 Å². The number of nitrogens with one attached hydrogen (secondary N) is 1. The van der Waals surface area contributed by atoms with Gasteiger partial charge in [0.25, 0.3) is 0 Å². The smallest absolute Gasteiger partial charge is 0.241 e. The van der Waals surface area contributed by atoms with Crippen molar-refractivity contribution in [2.45, 2.75) is 19.4 Å². The first-order valence-corrected chi connectivity index (χ1v) is 10.1. The van der Waals surface area contributed by atoms with Crippen LogP contribution in [-0.2, 0) is 11.3 Å². The quantitative estimate of drug-likeness (QED) is 0.688. The topological polar surface area (TPSA) is 71.3 Å². The van der Waals surface area contributed by atoms with Crippen molar-refractivity contribution >= 4 is 34.5 Å². The van der Waals surface area contributed by atoms with Gasteiger partial charge in [-0.2, -0.15) is 4.98 Å². The summed E-state index contributed by atoms with van der Waals surface area (Å²) in [4.78, 5) is 20.2. The molecule has 1 saturated heterocycles. The van der Waals surface area contributed by atoms with Crippen molar-refractivity contribution in [3.05, 3.63) is 52.7 Å². The van der Waals surface area contributed by atoms with Gasteiger partial charge < -0.3 is 9.84 Å². The molecule has 0 bridgehead atoms. The highest BCUT2D eigenvalue weighted by atomic mass is 35.5. The molecule has 27 heavy (non-hydrogen) atoms. The van der Waals surface area contributed by atoms with Crippen LogP contribution in [-0.4, -0.2) is 34.0 Å². The summed E-state index contributed by atoms with van der Waals surface area (Å²) < 4.78 is 5.37. The summed E-state index contributed by atoms with van der Waals surface area (Å²) in [7, 11) is 0. The highest BCUT2D eigenvalue weighted by molar-refractivity contribution is 7.13. The monoisotopic (exact) mass is 402 g/mol. The Morgan fingerprint density at radius 3 is 2.89 bits per heavy atom. The van der Waals surface area contributed by atoms with E-state index >= 15 is 0 Å². The summed E-state index contributed by atoms with van der Waals surface area (Å²) in [6.45, 7) is 2.26. The van der Waals surface area contributed by atoms with Crippen LogP contribution in [0.3, 0.4) is 0 Å². The Morgan fingerprint density at radius 2 is 2.15 bits per heavy atom. The molecule has 1 aliphatic rings. The summed E-state index contributed by atoms with van der Waals surface area (Å²) in [5.74, 6) is 1.30. The second-order valence-electron chi connectivity index (χ2n) is 6.54. The van der Waals surface area contributed by atoms with Crippen LogP contribution in [0.25, 0.3) is 10.7 Å². The van der Waals surface area contributed by atoms with E-state index in [1.54, 1.807) is 23.5 Å². The number of thiophene rings is 1. The molecule has 2 aromatic heterocycles. The van der Waals surface area contributed by atoms with E-state index in [0.717, 1.165) is 36.5 Å². The summed E-state index contributed by atoms with van der Waals surface area (Å²) in [5.41, 5.74) is 0.738. The lowest BCUT2D eigenvalue weighted by Gasteiger charge is -2.30. The van der Waals surface area contributed by atoms with E-state index in [1.807, 2.05) is 29.6 Å². The SMILES string of the molecule is O=C(Nc1cccc(Cl)c1)C1CCN(Cc2nc(-c3cccs3)no2)CC1. The minimum Gasteiger partial charge on any atom is -0.338 e. The molecule has 0 unspecified atom stereocenters. The molecule has 1 N–H and O–H groups in total. The van der Waals surface area contributed by atoms with Crippen molar-refractivity contribution in [2.24, 2.45) is 5.92 Å². The van der Waals surface area contributed by atoms with Crippen molar-refractivity contribution in [1.29, 1.82) is 0 Å². The van der Waals surface area contributed by atoms with Gasteiger partial charge in [-0.3, -0.25) is 9.69 Å². The Labute approximate surface area is 166 Å². The average Bonchev–Trinajstić information content (AvgIpc) is 3.34. The van der Waals surface area contributed by atoms with Gasteiger partial charge >= 0.3 is 0 Å². The molecule has 0 saturated carbocycles. The first-order valence-electron chi connectivity index (χ1n) is 8.82. The predicted molar refractivity (Wildman–Crippen MR) is 106 cm³/mol. The summed E-state index contributed by atoms with van der Waals surface area (Å²) in [6, 6.07) is 11.2. The van der Waals surface area contributed by atoms with E-state index in [0.29, 0.717) is 23.3 Å². The number of piperidine rings is 1. The highest BCUT2D eigenvalue weighted by Crippen LogP contribution is 2.24. The number of hydrogen-bond donors (Lipinski definition) is 1. The summed E-state index contributed by atoms with van der Waals surface area (Å²) in [6.07, 6.45) is 1.61. The van der Waals surface area contributed by atoms with E-state index < -0.39 is 0 Å². The Hall–Kier alpha value is -2.22. The van der Waals surface area contributed by atoms with Gasteiger partial charge in [-0.1, -0.05) is 28.9 Å². The number of amides is 1. The number of hydrogen-bond acceptors (Lipinski definition) is 6. The third-order valence-corrected chi connectivity index (χ3v) is 5.72. The molecule has 0 spiro atoms. The summed E-state index contributed by atoms with van der Waals surface area (Å²) in [5, 5.41) is 9.60. The molecule has 1 aromatic carbocycles. The van der Waals surface area contributed by atoms with Gasteiger partial charge in [-0.05, 0) is 55.6 Å². The third-order valence-electron chi connectivity index (χ3n) is 4.62. The van der Waals surface area contributed by atoms with Gasteiger partial charge in [-0.25, -0.2) is 0 Å². The van der Waals surface area contributed by atoms with Gasteiger partial charge in [0, 0.05) is 16.6 Å². The van der Waals surface area contributed by atoms with Crippen LogP contribution in [0.5, 0.6) is 0 Å². The molecule has 6 nitrogen and oxygen atoms in total. The Morgan fingerprint density at radius 1 is 1.30 bits per heavy atom. The molecule has 8 heteroatoms. The van der Waals surface area contributed by atoms with Crippen molar-refractivity contribution in [3.63, 3.8) is 0 Å². The molecular weight excluding hydrogens is 384 g/mol. The lowest BCUT2D eigenvalue weighted by Crippen LogP contribution is -2.37. The zero-order chi connectivity index (χ0) is 18.6. The van der Waals surface area contributed by atoms with Crippen LogP contribution >= 0.6 is 22.9 Å². The number of benzene rings is 1. The Bertz CT molecular complexity index is 904. The number of rotatable bonds is 5. The minimum atomic E-state index is 0.00426. The van der Waals surface area contributed by atoms with E-state index in [-0.39, 0.29) is 11.8 Å². The average molecular weight is 403 g/mol. The maximum absolute atomic E-state index is 12.5. The molecule has 0 atom stereocenters. The van der Waals surface area contributed by atoms with E-state index in [1.165, 1.54) is 0 Å². The molecular formula is C19H19ClN4O2S. The van der Waals surface area contributed by atoms with Gasteiger partial charge in [0.1, 0.15) is 0 Å². The first-order chi connectivity index (χ1) is 13.2. The van der Waals surface area contributed by atoms with E-state index in [9.17, 15) is 4.79 Å². The number of nitrogens with zero attached hydrogens (tertiary/aromatic N) is 3. The van der Waals surface area contributed by atoms with Crippen LogP contribution in [0.2, 0.25) is 5.02 Å². The zero-order valence-corrected chi connectivity index (χ0v) is 16.2. The molecule has 0 aliphatic carbocycles. The fourth-order valence-corrected chi connectivity index (χ4v) is 4.02. The molecule has 1 fully saturated rings. The third kappa shape index (κ3) is 4.55. The van der Waals surface area contributed by atoms with Crippen LogP contribution in [0, 0.1) is 5.92 Å². The van der Waals surface area contributed by atoms with Crippen molar-refractivity contribution in [3.8, 4) is 10.7 Å². The standard InChI is InChI=1S/C19H19ClN4O2S/c20-14-3-1-4-15(11-14)21-19(25)13-6-8-24(9-7-13)12-17-22-18(23-26-17)16-5-2-10-27-16/h1-5,10-11,13H,6-9,12H2,(H,21,25). The predicted octanol–water partition coefficient (Wildman–Crippen LogP) is 4.30. The van der Waals surface area contributed by atoms with E-state index in [4.69, 9.17) is 16.1 Å². The van der Waals surface area contributed by atoms with Crippen LogP contribution in [0.15, 0.2) is 46.3 Å². The Kier molecular flexibility index (Phi) is 5.52. The largest absolute Gasteiger partial charge is 0.338 e.